The van der Waals surface area contributed by atoms with E-state index in [1.165, 1.54) is 31.4 Å². The number of rotatable bonds is 6. The SMILES string of the molecule is CCCCC1(CC)CN(c2ccc(N=C=O)cc2)C1. The first-order valence-corrected chi connectivity index (χ1v) is 7.16. The molecule has 0 spiro atoms. The normalized spacial score (nSPS) is 16.6. The topological polar surface area (TPSA) is 32.7 Å². The number of carbonyl (C=O) groups excluding carboxylic acids is 1. The largest absolute Gasteiger partial charge is 0.370 e. The quantitative estimate of drug-likeness (QED) is 0.569. The number of benzene rings is 1. The van der Waals surface area contributed by atoms with Crippen molar-refractivity contribution in [3.8, 4) is 0 Å². The van der Waals surface area contributed by atoms with Crippen LogP contribution in [-0.2, 0) is 4.79 Å². The molecule has 102 valence electrons. The van der Waals surface area contributed by atoms with Gasteiger partial charge in [-0.3, -0.25) is 0 Å². The predicted molar refractivity (Wildman–Crippen MR) is 78.7 cm³/mol. The van der Waals surface area contributed by atoms with E-state index in [-0.39, 0.29) is 0 Å². The zero-order chi connectivity index (χ0) is 13.7. The van der Waals surface area contributed by atoms with E-state index in [4.69, 9.17) is 0 Å². The Morgan fingerprint density at radius 1 is 1.26 bits per heavy atom. The highest BCUT2D eigenvalue weighted by Crippen LogP contribution is 2.41. The minimum Gasteiger partial charge on any atom is -0.370 e. The lowest BCUT2D eigenvalue weighted by Crippen LogP contribution is -2.56. The van der Waals surface area contributed by atoms with E-state index >= 15 is 0 Å². The van der Waals surface area contributed by atoms with Gasteiger partial charge in [0.15, 0.2) is 0 Å². The maximum absolute atomic E-state index is 10.2. The molecule has 1 aromatic rings. The lowest BCUT2D eigenvalue weighted by Gasteiger charge is -2.51. The highest BCUT2D eigenvalue weighted by Gasteiger charge is 2.40. The van der Waals surface area contributed by atoms with Crippen LogP contribution in [0, 0.1) is 5.41 Å². The van der Waals surface area contributed by atoms with Crippen molar-refractivity contribution in [3.05, 3.63) is 24.3 Å². The Labute approximate surface area is 115 Å². The predicted octanol–water partition coefficient (Wildman–Crippen LogP) is 4.06. The van der Waals surface area contributed by atoms with E-state index in [1.54, 1.807) is 6.08 Å². The molecule has 0 saturated carbocycles. The van der Waals surface area contributed by atoms with Crippen LogP contribution < -0.4 is 4.90 Å². The maximum Gasteiger partial charge on any atom is 0.240 e. The molecule has 0 bridgehead atoms. The molecule has 1 aromatic carbocycles. The number of nitrogens with zero attached hydrogens (tertiary/aromatic N) is 2. The van der Waals surface area contributed by atoms with E-state index in [0.29, 0.717) is 11.1 Å². The summed E-state index contributed by atoms with van der Waals surface area (Å²) in [6.45, 7) is 6.86. The Morgan fingerprint density at radius 2 is 1.95 bits per heavy atom. The van der Waals surface area contributed by atoms with Gasteiger partial charge in [-0.1, -0.05) is 26.7 Å². The lowest BCUT2D eigenvalue weighted by molar-refractivity contribution is 0.180. The Hall–Kier alpha value is -1.60. The summed E-state index contributed by atoms with van der Waals surface area (Å²) in [6, 6.07) is 7.82. The minimum absolute atomic E-state index is 0.523. The Morgan fingerprint density at radius 3 is 2.47 bits per heavy atom. The van der Waals surface area contributed by atoms with Crippen LogP contribution >= 0.6 is 0 Å². The molecule has 1 aliphatic heterocycles. The first-order chi connectivity index (χ1) is 9.23. The summed E-state index contributed by atoms with van der Waals surface area (Å²) in [7, 11) is 0. The molecule has 3 heteroatoms. The zero-order valence-electron chi connectivity index (χ0n) is 11.9. The van der Waals surface area contributed by atoms with Gasteiger partial charge in [-0.15, -0.1) is 0 Å². The Bertz CT molecular complexity index is 454. The molecule has 1 saturated heterocycles. The molecule has 1 heterocycles. The van der Waals surface area contributed by atoms with Crippen molar-refractivity contribution in [1.82, 2.24) is 0 Å². The average Bonchev–Trinajstić information content (AvgIpc) is 2.40. The van der Waals surface area contributed by atoms with Gasteiger partial charge in [-0.25, -0.2) is 4.79 Å². The second-order valence-corrected chi connectivity index (χ2v) is 5.53. The molecule has 0 unspecified atom stereocenters. The van der Waals surface area contributed by atoms with E-state index in [1.807, 2.05) is 24.3 Å². The van der Waals surface area contributed by atoms with Crippen molar-refractivity contribution in [1.29, 1.82) is 0 Å². The van der Waals surface area contributed by atoms with Crippen molar-refractivity contribution >= 4 is 17.5 Å². The number of unbranched alkanes of at least 4 members (excludes halogenated alkanes) is 1. The maximum atomic E-state index is 10.2. The summed E-state index contributed by atoms with van der Waals surface area (Å²) >= 11 is 0. The molecule has 0 aliphatic carbocycles. The third-order valence-corrected chi connectivity index (χ3v) is 4.25. The fourth-order valence-corrected chi connectivity index (χ4v) is 2.85. The van der Waals surface area contributed by atoms with Gasteiger partial charge in [0.05, 0.1) is 5.69 Å². The van der Waals surface area contributed by atoms with Gasteiger partial charge in [-0.05, 0) is 37.1 Å². The van der Waals surface area contributed by atoms with Crippen molar-refractivity contribution in [2.45, 2.75) is 39.5 Å². The minimum atomic E-state index is 0.523. The van der Waals surface area contributed by atoms with E-state index in [2.05, 4.69) is 23.7 Å². The van der Waals surface area contributed by atoms with Crippen LogP contribution in [0.25, 0.3) is 0 Å². The van der Waals surface area contributed by atoms with Crippen molar-refractivity contribution in [3.63, 3.8) is 0 Å². The second-order valence-electron chi connectivity index (χ2n) is 5.53. The van der Waals surface area contributed by atoms with Gasteiger partial charge < -0.3 is 4.90 Å². The number of hydrogen-bond acceptors (Lipinski definition) is 3. The number of hydrogen-bond donors (Lipinski definition) is 0. The molecule has 3 nitrogen and oxygen atoms in total. The average molecular weight is 258 g/mol. The van der Waals surface area contributed by atoms with Crippen LogP contribution in [0.1, 0.15) is 39.5 Å². The summed E-state index contributed by atoms with van der Waals surface area (Å²) in [4.78, 5) is 16.2. The summed E-state index contributed by atoms with van der Waals surface area (Å²) in [5.41, 5.74) is 2.42. The van der Waals surface area contributed by atoms with Crippen LogP contribution in [0.4, 0.5) is 11.4 Å². The number of aliphatic imine (C=N–C) groups is 1. The first kappa shape index (κ1) is 13.8. The molecule has 0 N–H and O–H groups in total. The van der Waals surface area contributed by atoms with Crippen molar-refractivity contribution in [2.24, 2.45) is 10.4 Å². The molecular weight excluding hydrogens is 236 g/mol. The molecule has 2 rings (SSSR count). The fraction of sp³-hybridized carbons (Fsp3) is 0.562. The lowest BCUT2D eigenvalue weighted by atomic mass is 9.73. The fourth-order valence-electron chi connectivity index (χ4n) is 2.85. The van der Waals surface area contributed by atoms with Gasteiger partial charge in [0.25, 0.3) is 0 Å². The van der Waals surface area contributed by atoms with Crippen molar-refractivity contribution < 1.29 is 4.79 Å². The highest BCUT2D eigenvalue weighted by atomic mass is 16.1. The molecule has 19 heavy (non-hydrogen) atoms. The zero-order valence-corrected chi connectivity index (χ0v) is 11.9. The van der Waals surface area contributed by atoms with Crippen LogP contribution in [0.2, 0.25) is 0 Å². The van der Waals surface area contributed by atoms with E-state index < -0.39 is 0 Å². The molecule has 0 radical (unpaired) electrons. The first-order valence-electron chi connectivity index (χ1n) is 7.16. The number of isocyanates is 1. The molecule has 0 amide bonds. The van der Waals surface area contributed by atoms with Crippen LogP contribution in [0.5, 0.6) is 0 Å². The molecule has 1 fully saturated rings. The summed E-state index contributed by atoms with van der Waals surface area (Å²) in [5, 5.41) is 0. The Kier molecular flexibility index (Phi) is 4.39. The standard InChI is InChI=1S/C16H22N2O/c1-3-5-10-16(4-2)11-18(12-16)15-8-6-14(7-9-15)17-13-19/h6-9H,3-5,10-12H2,1-2H3. The summed E-state index contributed by atoms with van der Waals surface area (Å²) in [6.07, 6.45) is 6.77. The van der Waals surface area contributed by atoms with Gasteiger partial charge in [0.2, 0.25) is 6.08 Å². The highest BCUT2D eigenvalue weighted by molar-refractivity contribution is 5.57. The molecule has 0 atom stereocenters. The smallest absolute Gasteiger partial charge is 0.240 e. The summed E-state index contributed by atoms with van der Waals surface area (Å²) < 4.78 is 0. The van der Waals surface area contributed by atoms with Gasteiger partial charge in [0, 0.05) is 24.2 Å². The van der Waals surface area contributed by atoms with Crippen LogP contribution in [0.15, 0.2) is 29.3 Å². The van der Waals surface area contributed by atoms with Crippen molar-refractivity contribution in [2.75, 3.05) is 18.0 Å². The molecular formula is C16H22N2O. The second kappa shape index (κ2) is 6.03. The molecule has 0 aromatic heterocycles. The van der Waals surface area contributed by atoms with Gasteiger partial charge in [0.1, 0.15) is 0 Å². The van der Waals surface area contributed by atoms with Crippen LogP contribution in [0.3, 0.4) is 0 Å². The van der Waals surface area contributed by atoms with E-state index in [9.17, 15) is 4.79 Å². The van der Waals surface area contributed by atoms with Gasteiger partial charge >= 0.3 is 0 Å². The third-order valence-electron chi connectivity index (χ3n) is 4.25. The monoisotopic (exact) mass is 258 g/mol. The summed E-state index contributed by atoms with van der Waals surface area (Å²) in [5.74, 6) is 0. The van der Waals surface area contributed by atoms with Gasteiger partial charge in [-0.2, -0.15) is 4.99 Å². The van der Waals surface area contributed by atoms with E-state index in [0.717, 1.165) is 13.1 Å². The third kappa shape index (κ3) is 3.05. The Balaban J connectivity index is 1.96. The van der Waals surface area contributed by atoms with Crippen LogP contribution in [-0.4, -0.2) is 19.2 Å². The molecule has 1 aliphatic rings. The number of anilines is 1.